The molecular formula is C8H12N4O2. The molecule has 0 aromatic carbocycles. The number of nitrogens with one attached hydrogen (secondary N) is 2. The predicted octanol–water partition coefficient (Wildman–Crippen LogP) is -0.473. The lowest BCUT2D eigenvalue weighted by Gasteiger charge is -2.27. The van der Waals surface area contributed by atoms with E-state index < -0.39 is 0 Å². The van der Waals surface area contributed by atoms with Gasteiger partial charge in [-0.05, 0) is 13.8 Å². The molecule has 2 N–H and O–H groups in total. The van der Waals surface area contributed by atoms with E-state index in [-0.39, 0.29) is 18.0 Å². The Morgan fingerprint density at radius 2 is 2.29 bits per heavy atom. The Bertz CT molecular complexity index is 349. The molecular weight excluding hydrogens is 184 g/mol. The van der Waals surface area contributed by atoms with Crippen molar-refractivity contribution in [3.05, 3.63) is 11.4 Å². The lowest BCUT2D eigenvalue weighted by molar-refractivity contribution is -0.124. The molecule has 76 valence electrons. The maximum Gasteiger partial charge on any atom is 0.236 e. The largest absolute Gasteiger partial charge is 0.353 e. The number of carbonyl (C=O) groups excluding carboxylic acids is 1. The molecule has 1 aromatic rings. The van der Waals surface area contributed by atoms with Crippen molar-refractivity contribution in [1.29, 1.82) is 0 Å². The third-order valence-electron chi connectivity index (χ3n) is 2.34. The van der Waals surface area contributed by atoms with Crippen LogP contribution in [-0.4, -0.2) is 28.8 Å². The Balaban J connectivity index is 2.14. The third kappa shape index (κ3) is 1.48. The van der Waals surface area contributed by atoms with E-state index in [2.05, 4.69) is 25.6 Å². The van der Waals surface area contributed by atoms with E-state index >= 15 is 0 Å². The highest BCUT2D eigenvalue weighted by Crippen LogP contribution is 2.15. The Morgan fingerprint density at radius 1 is 1.50 bits per heavy atom. The maximum absolute atomic E-state index is 11.2. The second-order valence-corrected chi connectivity index (χ2v) is 3.42. The molecule has 0 saturated carbocycles. The standard InChI is InChI=1S/C8H12N4O2/c1-4-7(12-14-11-4)6-3-9-8(13)5(2)10-6/h5-6,10H,3H2,1-2H3,(H,9,13)/t5-,6?/m0/s1. The average Bonchev–Trinajstić information content (AvgIpc) is 2.57. The molecule has 0 aliphatic carbocycles. The molecule has 0 spiro atoms. The number of nitrogens with zero attached hydrogens (tertiary/aromatic N) is 2. The van der Waals surface area contributed by atoms with Gasteiger partial charge in [0.2, 0.25) is 5.91 Å². The summed E-state index contributed by atoms with van der Waals surface area (Å²) in [5.74, 6) is 0.00959. The molecule has 2 rings (SSSR count). The van der Waals surface area contributed by atoms with Gasteiger partial charge in [0.1, 0.15) is 11.4 Å². The summed E-state index contributed by atoms with van der Waals surface area (Å²) in [6.45, 7) is 4.16. The van der Waals surface area contributed by atoms with E-state index in [0.717, 1.165) is 11.4 Å². The Hall–Kier alpha value is -1.43. The minimum atomic E-state index is -0.204. The molecule has 0 radical (unpaired) electrons. The van der Waals surface area contributed by atoms with Gasteiger partial charge in [0, 0.05) is 6.54 Å². The number of aryl methyl sites for hydroxylation is 1. The van der Waals surface area contributed by atoms with E-state index in [1.807, 2.05) is 13.8 Å². The number of amides is 1. The quantitative estimate of drug-likeness (QED) is 0.634. The molecule has 1 amide bonds. The first-order chi connectivity index (χ1) is 6.68. The first-order valence-electron chi connectivity index (χ1n) is 4.51. The molecule has 6 heteroatoms. The first-order valence-corrected chi connectivity index (χ1v) is 4.51. The second-order valence-electron chi connectivity index (χ2n) is 3.42. The van der Waals surface area contributed by atoms with Gasteiger partial charge in [-0.1, -0.05) is 10.3 Å². The molecule has 1 aromatic heterocycles. The number of rotatable bonds is 1. The fraction of sp³-hybridized carbons (Fsp3) is 0.625. The Kier molecular flexibility index (Phi) is 2.20. The van der Waals surface area contributed by atoms with E-state index in [0.29, 0.717) is 6.54 Å². The number of hydrogen-bond donors (Lipinski definition) is 2. The van der Waals surface area contributed by atoms with Crippen LogP contribution in [0.5, 0.6) is 0 Å². The van der Waals surface area contributed by atoms with E-state index in [9.17, 15) is 4.79 Å². The number of piperazine rings is 1. The SMILES string of the molecule is Cc1nonc1C1CNC(=O)[C@H](C)N1. The monoisotopic (exact) mass is 196 g/mol. The summed E-state index contributed by atoms with van der Waals surface area (Å²) in [4.78, 5) is 11.2. The highest BCUT2D eigenvalue weighted by Gasteiger charge is 2.28. The zero-order chi connectivity index (χ0) is 10.1. The molecule has 1 fully saturated rings. The molecule has 6 nitrogen and oxygen atoms in total. The molecule has 1 aliphatic heterocycles. The van der Waals surface area contributed by atoms with E-state index in [1.54, 1.807) is 0 Å². The van der Waals surface area contributed by atoms with E-state index in [4.69, 9.17) is 0 Å². The molecule has 2 atom stereocenters. The Morgan fingerprint density at radius 3 is 2.86 bits per heavy atom. The van der Waals surface area contributed by atoms with Crippen molar-refractivity contribution in [1.82, 2.24) is 20.9 Å². The molecule has 1 unspecified atom stereocenters. The summed E-state index contributed by atoms with van der Waals surface area (Å²) in [7, 11) is 0. The number of hydrogen-bond acceptors (Lipinski definition) is 5. The molecule has 1 saturated heterocycles. The molecule has 1 aliphatic rings. The van der Waals surface area contributed by atoms with Gasteiger partial charge in [0.25, 0.3) is 0 Å². The predicted molar refractivity (Wildman–Crippen MR) is 47.4 cm³/mol. The lowest BCUT2D eigenvalue weighted by atomic mass is 10.1. The number of aromatic nitrogens is 2. The topological polar surface area (TPSA) is 80.1 Å². The maximum atomic E-state index is 11.2. The fourth-order valence-electron chi connectivity index (χ4n) is 1.52. The van der Waals surface area contributed by atoms with Crippen molar-refractivity contribution in [2.45, 2.75) is 25.9 Å². The minimum Gasteiger partial charge on any atom is -0.353 e. The van der Waals surface area contributed by atoms with Gasteiger partial charge >= 0.3 is 0 Å². The van der Waals surface area contributed by atoms with Crippen LogP contribution in [0.4, 0.5) is 0 Å². The normalized spacial score (nSPS) is 27.4. The minimum absolute atomic E-state index is 0.00560. The fourth-order valence-corrected chi connectivity index (χ4v) is 1.52. The summed E-state index contributed by atoms with van der Waals surface area (Å²) in [5, 5.41) is 13.4. The van der Waals surface area contributed by atoms with Gasteiger partial charge in [0.05, 0.1) is 12.1 Å². The zero-order valence-corrected chi connectivity index (χ0v) is 8.07. The summed E-state index contributed by atoms with van der Waals surface area (Å²) >= 11 is 0. The van der Waals surface area contributed by atoms with Crippen molar-refractivity contribution in [2.75, 3.05) is 6.54 Å². The average molecular weight is 196 g/mol. The summed E-state index contributed by atoms with van der Waals surface area (Å²) < 4.78 is 4.61. The van der Waals surface area contributed by atoms with Gasteiger partial charge < -0.3 is 5.32 Å². The van der Waals surface area contributed by atoms with Crippen molar-refractivity contribution >= 4 is 5.91 Å². The molecule has 2 heterocycles. The summed E-state index contributed by atoms with van der Waals surface area (Å²) in [6, 6.07) is -0.209. The van der Waals surface area contributed by atoms with E-state index in [1.165, 1.54) is 0 Å². The van der Waals surface area contributed by atoms with Crippen LogP contribution in [0.1, 0.15) is 24.4 Å². The number of carbonyl (C=O) groups is 1. The van der Waals surface area contributed by atoms with Crippen LogP contribution in [0.15, 0.2) is 4.63 Å². The van der Waals surface area contributed by atoms with Gasteiger partial charge in [0.15, 0.2) is 0 Å². The van der Waals surface area contributed by atoms with Gasteiger partial charge in [-0.15, -0.1) is 0 Å². The van der Waals surface area contributed by atoms with Crippen molar-refractivity contribution in [2.24, 2.45) is 0 Å². The van der Waals surface area contributed by atoms with Crippen molar-refractivity contribution in [3.63, 3.8) is 0 Å². The third-order valence-corrected chi connectivity index (χ3v) is 2.34. The highest BCUT2D eigenvalue weighted by molar-refractivity contribution is 5.82. The lowest BCUT2D eigenvalue weighted by Crippen LogP contribution is -2.53. The van der Waals surface area contributed by atoms with Gasteiger partial charge in [-0.25, -0.2) is 4.63 Å². The Labute approximate surface area is 81.0 Å². The van der Waals surface area contributed by atoms with Gasteiger partial charge in [-0.2, -0.15) is 0 Å². The van der Waals surface area contributed by atoms with Crippen LogP contribution in [-0.2, 0) is 4.79 Å². The second kappa shape index (κ2) is 3.38. The summed E-state index contributed by atoms with van der Waals surface area (Å²) in [5.41, 5.74) is 1.52. The highest BCUT2D eigenvalue weighted by atomic mass is 16.6. The molecule has 0 bridgehead atoms. The van der Waals surface area contributed by atoms with Crippen LogP contribution >= 0.6 is 0 Å². The van der Waals surface area contributed by atoms with Crippen LogP contribution in [0, 0.1) is 6.92 Å². The van der Waals surface area contributed by atoms with Gasteiger partial charge in [-0.3, -0.25) is 10.1 Å². The first kappa shape index (κ1) is 9.14. The van der Waals surface area contributed by atoms with Crippen LogP contribution in [0.3, 0.4) is 0 Å². The van der Waals surface area contributed by atoms with Crippen LogP contribution in [0.2, 0.25) is 0 Å². The van der Waals surface area contributed by atoms with Crippen molar-refractivity contribution in [3.8, 4) is 0 Å². The van der Waals surface area contributed by atoms with Crippen molar-refractivity contribution < 1.29 is 9.42 Å². The van der Waals surface area contributed by atoms with Crippen LogP contribution in [0.25, 0.3) is 0 Å². The zero-order valence-electron chi connectivity index (χ0n) is 8.07. The smallest absolute Gasteiger partial charge is 0.236 e. The van der Waals surface area contributed by atoms with Crippen LogP contribution < -0.4 is 10.6 Å². The molecule has 14 heavy (non-hydrogen) atoms. The summed E-state index contributed by atoms with van der Waals surface area (Å²) in [6.07, 6.45) is 0.